The lowest BCUT2D eigenvalue weighted by Crippen LogP contribution is -2.03. The van der Waals surface area contributed by atoms with Gasteiger partial charge in [0.15, 0.2) is 0 Å². The average Bonchev–Trinajstić information content (AvgIpc) is 3.34. The number of alkyl halides is 3. The number of hydrogen-bond donors (Lipinski definition) is 0. The number of halogens is 3. The first kappa shape index (κ1) is 21.0. The molecule has 0 aliphatic carbocycles. The Morgan fingerprint density at radius 1 is 1.10 bits per heavy atom. The minimum absolute atomic E-state index is 0.0321. The first-order chi connectivity index (χ1) is 14.8. The van der Waals surface area contributed by atoms with Crippen molar-refractivity contribution in [1.82, 2.24) is 0 Å². The molecule has 0 N–H and O–H groups in total. The lowest BCUT2D eigenvalue weighted by atomic mass is 10.1. The summed E-state index contributed by atoms with van der Waals surface area (Å²) in [6.45, 7) is 1.71. The molecule has 0 saturated heterocycles. The van der Waals surface area contributed by atoms with E-state index < -0.39 is 17.0 Å². The van der Waals surface area contributed by atoms with Crippen LogP contribution in [-0.4, -0.2) is 13.1 Å². The van der Waals surface area contributed by atoms with Crippen molar-refractivity contribution in [2.75, 3.05) is 7.11 Å². The number of hydrogen-bond acceptors (Lipinski definition) is 5. The minimum Gasteiger partial charge on any atom is -0.488 e. The number of esters is 1. The molecule has 4 nitrogen and oxygen atoms in total. The fourth-order valence-electron chi connectivity index (χ4n) is 3.29. The monoisotopic (exact) mass is 446 g/mol. The number of carbonyl (C=O) groups excluding carboxylic acids is 1. The first-order valence-electron chi connectivity index (χ1n) is 9.27. The Hall–Kier alpha value is -3.26. The number of ether oxygens (including phenoxy) is 2. The number of methoxy groups -OCH3 is 1. The number of thiophene rings is 1. The zero-order chi connectivity index (χ0) is 22.2. The van der Waals surface area contributed by atoms with Gasteiger partial charge in [0.2, 0.25) is 5.76 Å². The first-order valence-corrected chi connectivity index (χ1v) is 10.1. The Bertz CT molecular complexity index is 1240. The van der Waals surface area contributed by atoms with E-state index in [-0.39, 0.29) is 17.9 Å². The molecule has 4 aromatic rings. The van der Waals surface area contributed by atoms with Crippen LogP contribution >= 0.6 is 11.3 Å². The molecule has 2 aromatic carbocycles. The van der Waals surface area contributed by atoms with Gasteiger partial charge in [-0.1, -0.05) is 30.3 Å². The maximum Gasteiger partial charge on any atom is 0.426 e. The summed E-state index contributed by atoms with van der Waals surface area (Å²) in [7, 11) is 1.27. The number of benzene rings is 2. The predicted octanol–water partition coefficient (Wildman–Crippen LogP) is 6.85. The van der Waals surface area contributed by atoms with Gasteiger partial charge in [-0.15, -0.1) is 11.3 Å². The highest BCUT2D eigenvalue weighted by Gasteiger charge is 2.36. The third-order valence-corrected chi connectivity index (χ3v) is 5.94. The van der Waals surface area contributed by atoms with Crippen LogP contribution in [0, 0.1) is 6.92 Å². The van der Waals surface area contributed by atoms with Crippen LogP contribution in [0.25, 0.3) is 22.1 Å². The largest absolute Gasteiger partial charge is 0.488 e. The molecule has 2 heterocycles. The highest BCUT2D eigenvalue weighted by molar-refractivity contribution is 7.12. The summed E-state index contributed by atoms with van der Waals surface area (Å²) in [4.78, 5) is 11.6. The van der Waals surface area contributed by atoms with Crippen LogP contribution in [0.2, 0.25) is 0 Å². The highest BCUT2D eigenvalue weighted by Crippen LogP contribution is 2.43. The van der Waals surface area contributed by atoms with E-state index in [1.54, 1.807) is 55.5 Å². The molecule has 0 atom stereocenters. The zero-order valence-electron chi connectivity index (χ0n) is 16.6. The molecular formula is C23H17F3O4S. The van der Waals surface area contributed by atoms with E-state index in [4.69, 9.17) is 13.9 Å². The molecule has 0 aliphatic heterocycles. The van der Waals surface area contributed by atoms with Crippen LogP contribution in [0.1, 0.15) is 25.9 Å². The Morgan fingerprint density at radius 2 is 1.84 bits per heavy atom. The van der Waals surface area contributed by atoms with Gasteiger partial charge in [-0.25, -0.2) is 4.79 Å². The van der Waals surface area contributed by atoms with Gasteiger partial charge < -0.3 is 13.9 Å². The molecule has 0 aliphatic rings. The topological polar surface area (TPSA) is 48.7 Å². The molecule has 4 rings (SSSR count). The molecule has 0 bridgehead atoms. The van der Waals surface area contributed by atoms with E-state index in [0.29, 0.717) is 38.7 Å². The van der Waals surface area contributed by atoms with Gasteiger partial charge in [0.25, 0.3) is 0 Å². The Kier molecular flexibility index (Phi) is 5.49. The molecule has 0 saturated carbocycles. The second-order valence-corrected chi connectivity index (χ2v) is 7.95. The molecule has 31 heavy (non-hydrogen) atoms. The van der Waals surface area contributed by atoms with E-state index in [1.807, 2.05) is 0 Å². The van der Waals surface area contributed by atoms with Crippen LogP contribution < -0.4 is 4.74 Å². The van der Waals surface area contributed by atoms with E-state index in [1.165, 1.54) is 13.2 Å². The van der Waals surface area contributed by atoms with Gasteiger partial charge in [0.05, 0.1) is 7.11 Å². The third-order valence-electron chi connectivity index (χ3n) is 4.79. The zero-order valence-corrected chi connectivity index (χ0v) is 17.4. The molecule has 0 amide bonds. The smallest absolute Gasteiger partial charge is 0.426 e. The van der Waals surface area contributed by atoms with Crippen molar-refractivity contribution in [3.05, 3.63) is 75.7 Å². The minimum atomic E-state index is -4.46. The molecular weight excluding hydrogens is 429 g/mol. The lowest BCUT2D eigenvalue weighted by Gasteiger charge is -2.07. The third kappa shape index (κ3) is 4.16. The van der Waals surface area contributed by atoms with Crippen molar-refractivity contribution < 1.29 is 31.9 Å². The van der Waals surface area contributed by atoms with Crippen molar-refractivity contribution in [2.45, 2.75) is 19.7 Å². The molecule has 0 unspecified atom stereocenters. The molecule has 2 aromatic heterocycles. The second kappa shape index (κ2) is 8.11. The van der Waals surface area contributed by atoms with Crippen LogP contribution in [-0.2, 0) is 17.5 Å². The van der Waals surface area contributed by atoms with Crippen LogP contribution in [0.15, 0.2) is 59.0 Å². The quantitative estimate of drug-likeness (QED) is 0.315. The number of rotatable bonds is 5. The Morgan fingerprint density at radius 3 is 2.52 bits per heavy atom. The Balaban J connectivity index is 1.60. The van der Waals surface area contributed by atoms with Crippen molar-refractivity contribution in [3.8, 4) is 16.9 Å². The summed E-state index contributed by atoms with van der Waals surface area (Å²) >= 11 is 0.663. The van der Waals surface area contributed by atoms with Gasteiger partial charge in [0, 0.05) is 27.5 Å². The normalized spacial score (nSPS) is 11.6. The SMILES string of the molecule is COC(=O)c1oc2cc(OCc3cc(-c4ccccc4)c(C(F)(F)F)s3)ccc2c1C. The van der Waals surface area contributed by atoms with Crippen molar-refractivity contribution in [2.24, 2.45) is 0 Å². The van der Waals surface area contributed by atoms with Crippen LogP contribution in [0.4, 0.5) is 13.2 Å². The van der Waals surface area contributed by atoms with Gasteiger partial charge in [-0.2, -0.15) is 13.2 Å². The highest BCUT2D eigenvalue weighted by atomic mass is 32.1. The summed E-state index contributed by atoms with van der Waals surface area (Å²) in [5.41, 5.74) is 1.72. The standard InChI is InChI=1S/C23H17F3O4S/c1-13-17-9-8-15(10-19(17)30-20(13)22(27)28-2)29-12-16-11-18(14-6-4-3-5-7-14)21(31-16)23(24,25)26/h3-11H,12H2,1-2H3. The summed E-state index contributed by atoms with van der Waals surface area (Å²) in [6.07, 6.45) is -4.46. The van der Waals surface area contributed by atoms with Gasteiger partial charge in [0.1, 0.15) is 22.8 Å². The summed E-state index contributed by atoms with van der Waals surface area (Å²) in [5, 5.41) is 0.731. The Labute approximate surface area is 179 Å². The second-order valence-electron chi connectivity index (χ2n) is 6.81. The fraction of sp³-hybridized carbons (Fsp3) is 0.174. The molecule has 8 heteroatoms. The van der Waals surface area contributed by atoms with Gasteiger partial charge in [-0.05, 0) is 30.7 Å². The number of furan rings is 1. The van der Waals surface area contributed by atoms with E-state index in [9.17, 15) is 18.0 Å². The van der Waals surface area contributed by atoms with Crippen molar-refractivity contribution >= 4 is 28.3 Å². The maximum absolute atomic E-state index is 13.5. The van der Waals surface area contributed by atoms with Crippen LogP contribution in [0.5, 0.6) is 5.75 Å². The molecule has 0 fully saturated rings. The van der Waals surface area contributed by atoms with E-state index in [0.717, 1.165) is 5.39 Å². The summed E-state index contributed by atoms with van der Waals surface area (Å²) < 4.78 is 56.6. The fourth-order valence-corrected chi connectivity index (χ4v) is 4.25. The number of fused-ring (bicyclic) bond motifs is 1. The number of carbonyl (C=O) groups is 1. The molecule has 0 spiro atoms. The predicted molar refractivity (Wildman–Crippen MR) is 111 cm³/mol. The van der Waals surface area contributed by atoms with E-state index in [2.05, 4.69) is 0 Å². The molecule has 160 valence electrons. The van der Waals surface area contributed by atoms with Gasteiger partial charge in [-0.3, -0.25) is 0 Å². The summed E-state index contributed by atoms with van der Waals surface area (Å²) in [5.74, 6) is -0.0565. The average molecular weight is 446 g/mol. The van der Waals surface area contributed by atoms with Gasteiger partial charge >= 0.3 is 12.1 Å². The van der Waals surface area contributed by atoms with E-state index >= 15 is 0 Å². The van der Waals surface area contributed by atoms with Crippen LogP contribution in [0.3, 0.4) is 0 Å². The molecule has 0 radical (unpaired) electrons. The maximum atomic E-state index is 13.5. The van der Waals surface area contributed by atoms with Crippen molar-refractivity contribution in [3.63, 3.8) is 0 Å². The van der Waals surface area contributed by atoms with Crippen molar-refractivity contribution in [1.29, 1.82) is 0 Å². The summed E-state index contributed by atoms with van der Waals surface area (Å²) in [6, 6.07) is 15.0. The lowest BCUT2D eigenvalue weighted by molar-refractivity contribution is -0.133. The number of aryl methyl sites for hydroxylation is 1.